The molecule has 0 aromatic carbocycles. The molecule has 0 aliphatic heterocycles. The van der Waals surface area contributed by atoms with Crippen LogP contribution in [0.2, 0.25) is 0 Å². The van der Waals surface area contributed by atoms with Gasteiger partial charge in [0.15, 0.2) is 0 Å². The van der Waals surface area contributed by atoms with Gasteiger partial charge in [0.1, 0.15) is 16.9 Å². The zero-order valence-corrected chi connectivity index (χ0v) is 11.5. The number of hydrogen-bond donors (Lipinski definition) is 1. The van der Waals surface area contributed by atoms with Crippen LogP contribution in [0.1, 0.15) is 19.0 Å². The number of rotatable bonds is 6. The molecule has 0 aliphatic carbocycles. The van der Waals surface area contributed by atoms with Gasteiger partial charge in [0.05, 0.1) is 17.7 Å². The van der Waals surface area contributed by atoms with Crippen molar-refractivity contribution in [1.29, 1.82) is 0 Å². The molecule has 0 radical (unpaired) electrons. The normalized spacial score (nSPS) is 10.4. The van der Waals surface area contributed by atoms with Crippen LogP contribution in [0.4, 0.5) is 10.7 Å². The maximum absolute atomic E-state index is 11.6. The van der Waals surface area contributed by atoms with Crippen molar-refractivity contribution < 1.29 is 4.92 Å². The molecule has 0 atom stereocenters. The predicted octanol–water partition coefficient (Wildman–Crippen LogP) is 0.873. The maximum atomic E-state index is 11.6. The molecule has 0 unspecified atom stereocenters. The lowest BCUT2D eigenvalue weighted by atomic mass is 10.4. The summed E-state index contributed by atoms with van der Waals surface area (Å²) in [6.45, 7) is 2.88. The number of hydrogen-bond acceptors (Lipinski definition) is 8. The van der Waals surface area contributed by atoms with Crippen LogP contribution >= 0.6 is 11.5 Å². The highest BCUT2D eigenvalue weighted by atomic mass is 32.1. The van der Waals surface area contributed by atoms with E-state index in [2.05, 4.69) is 19.9 Å². The summed E-state index contributed by atoms with van der Waals surface area (Å²) >= 11 is 1.18. The van der Waals surface area contributed by atoms with Crippen molar-refractivity contribution in [1.82, 2.24) is 19.1 Å². The Hall–Kier alpha value is -2.36. The molecular formula is C10H12N6O3S. The van der Waals surface area contributed by atoms with Gasteiger partial charge in [0.25, 0.3) is 0 Å². The van der Waals surface area contributed by atoms with Crippen LogP contribution in [-0.2, 0) is 6.54 Å². The molecular weight excluding hydrogens is 284 g/mol. The lowest BCUT2D eigenvalue weighted by Gasteiger charge is -2.05. The summed E-state index contributed by atoms with van der Waals surface area (Å²) in [5, 5.41) is 18.5. The third kappa shape index (κ3) is 3.15. The minimum atomic E-state index is -0.599. The van der Waals surface area contributed by atoms with Gasteiger partial charge in [-0.15, -0.1) is 5.10 Å². The molecule has 0 amide bonds. The largest absolute Gasteiger partial charge is 0.374 e. The van der Waals surface area contributed by atoms with Crippen molar-refractivity contribution in [2.24, 2.45) is 0 Å². The van der Waals surface area contributed by atoms with E-state index in [-0.39, 0.29) is 12.2 Å². The third-order valence-corrected chi connectivity index (χ3v) is 3.19. The molecule has 2 aromatic heterocycles. The second-order valence-electron chi connectivity index (χ2n) is 3.96. The summed E-state index contributed by atoms with van der Waals surface area (Å²) in [6, 6.07) is 0. The Kier molecular flexibility index (Phi) is 4.35. The molecule has 20 heavy (non-hydrogen) atoms. The number of nitrogens with zero attached hydrogens (tertiary/aromatic N) is 5. The molecule has 0 bridgehead atoms. The number of aromatic nitrogens is 4. The van der Waals surface area contributed by atoms with Gasteiger partial charge >= 0.3 is 11.4 Å². The maximum Gasteiger partial charge on any atom is 0.348 e. The van der Waals surface area contributed by atoms with E-state index in [1.165, 1.54) is 11.5 Å². The predicted molar refractivity (Wildman–Crippen MR) is 72.9 cm³/mol. The summed E-state index contributed by atoms with van der Waals surface area (Å²) in [4.78, 5) is 25.2. The monoisotopic (exact) mass is 296 g/mol. The standard InChI is InChI=1S/C10H12N6O3S/c1-2-3-11-9-8(13-14-20-9)6-15-5-7(16(18)19)4-12-10(15)17/h4-5,11H,2-3,6H2,1H3. The second-order valence-corrected chi connectivity index (χ2v) is 4.71. The Morgan fingerprint density at radius 2 is 2.35 bits per heavy atom. The van der Waals surface area contributed by atoms with Gasteiger partial charge in [-0.05, 0) is 6.42 Å². The van der Waals surface area contributed by atoms with Crippen molar-refractivity contribution in [3.63, 3.8) is 0 Å². The zero-order chi connectivity index (χ0) is 14.5. The van der Waals surface area contributed by atoms with Gasteiger partial charge in [0, 0.05) is 18.1 Å². The van der Waals surface area contributed by atoms with Crippen molar-refractivity contribution >= 4 is 22.2 Å². The fraction of sp³-hybridized carbons (Fsp3) is 0.400. The second kappa shape index (κ2) is 6.19. The molecule has 0 saturated heterocycles. The molecule has 0 spiro atoms. The molecule has 0 fully saturated rings. The van der Waals surface area contributed by atoms with Gasteiger partial charge in [-0.25, -0.2) is 4.79 Å². The molecule has 0 aliphatic rings. The average molecular weight is 296 g/mol. The summed E-state index contributed by atoms with van der Waals surface area (Å²) in [5.74, 6) is 0. The van der Waals surface area contributed by atoms with Gasteiger partial charge in [-0.3, -0.25) is 14.7 Å². The molecule has 0 saturated carbocycles. The van der Waals surface area contributed by atoms with Crippen LogP contribution in [0.15, 0.2) is 17.2 Å². The molecule has 1 N–H and O–H groups in total. The average Bonchev–Trinajstić information content (AvgIpc) is 2.86. The van der Waals surface area contributed by atoms with E-state index in [9.17, 15) is 14.9 Å². The Bertz CT molecular complexity index is 667. The lowest BCUT2D eigenvalue weighted by molar-refractivity contribution is -0.385. The van der Waals surface area contributed by atoms with Crippen molar-refractivity contribution in [3.05, 3.63) is 38.7 Å². The number of nitrogens with one attached hydrogen (secondary N) is 1. The molecule has 9 nitrogen and oxygen atoms in total. The number of nitro groups is 1. The zero-order valence-electron chi connectivity index (χ0n) is 10.6. The molecule has 2 rings (SSSR count). The fourth-order valence-electron chi connectivity index (χ4n) is 1.50. The Labute approximate surface area is 117 Å². The van der Waals surface area contributed by atoms with Gasteiger partial charge in [-0.1, -0.05) is 11.4 Å². The van der Waals surface area contributed by atoms with Crippen molar-refractivity contribution in [2.75, 3.05) is 11.9 Å². The highest BCUT2D eigenvalue weighted by molar-refractivity contribution is 7.10. The number of anilines is 1. The molecule has 10 heteroatoms. The smallest absolute Gasteiger partial charge is 0.348 e. The summed E-state index contributed by atoms with van der Waals surface area (Å²) in [7, 11) is 0. The van der Waals surface area contributed by atoms with E-state index in [0.29, 0.717) is 5.69 Å². The minimum absolute atomic E-state index is 0.0933. The van der Waals surface area contributed by atoms with Crippen LogP contribution in [0.5, 0.6) is 0 Å². The molecule has 2 heterocycles. The highest BCUT2D eigenvalue weighted by Crippen LogP contribution is 2.18. The molecule has 2 aromatic rings. The van der Waals surface area contributed by atoms with Gasteiger partial charge in [-0.2, -0.15) is 4.98 Å². The summed E-state index contributed by atoms with van der Waals surface area (Å²) in [5.41, 5.74) is -0.242. The first-order chi connectivity index (χ1) is 9.61. The first kappa shape index (κ1) is 14.1. The van der Waals surface area contributed by atoms with Gasteiger partial charge in [0.2, 0.25) is 0 Å². The van der Waals surface area contributed by atoms with Crippen LogP contribution in [-0.4, -0.2) is 30.6 Å². The van der Waals surface area contributed by atoms with Crippen LogP contribution in [0.25, 0.3) is 0 Å². The van der Waals surface area contributed by atoms with Crippen molar-refractivity contribution in [2.45, 2.75) is 19.9 Å². The summed E-state index contributed by atoms with van der Waals surface area (Å²) < 4.78 is 4.96. The lowest BCUT2D eigenvalue weighted by Crippen LogP contribution is -2.23. The van der Waals surface area contributed by atoms with Gasteiger partial charge < -0.3 is 5.32 Å². The summed E-state index contributed by atoms with van der Waals surface area (Å²) in [6.07, 6.45) is 3.03. The van der Waals surface area contributed by atoms with E-state index < -0.39 is 10.6 Å². The van der Waals surface area contributed by atoms with E-state index in [1.54, 1.807) is 0 Å². The highest BCUT2D eigenvalue weighted by Gasteiger charge is 2.13. The first-order valence-electron chi connectivity index (χ1n) is 5.87. The third-order valence-electron chi connectivity index (χ3n) is 2.46. The topological polar surface area (TPSA) is 116 Å². The quantitative estimate of drug-likeness (QED) is 0.621. The van der Waals surface area contributed by atoms with Crippen LogP contribution < -0.4 is 11.0 Å². The Morgan fingerprint density at radius 1 is 1.55 bits per heavy atom. The SMILES string of the molecule is CCCNc1snnc1Cn1cc([N+](=O)[O-])cnc1=O. The van der Waals surface area contributed by atoms with E-state index in [0.717, 1.165) is 34.9 Å². The Morgan fingerprint density at radius 3 is 3.05 bits per heavy atom. The van der Waals surface area contributed by atoms with E-state index in [4.69, 9.17) is 0 Å². The Balaban J connectivity index is 2.26. The van der Waals surface area contributed by atoms with Crippen molar-refractivity contribution in [3.8, 4) is 0 Å². The molecule has 106 valence electrons. The van der Waals surface area contributed by atoms with Crippen LogP contribution in [0.3, 0.4) is 0 Å². The fourth-order valence-corrected chi connectivity index (χ4v) is 2.10. The van der Waals surface area contributed by atoms with E-state index in [1.807, 2.05) is 6.92 Å². The van der Waals surface area contributed by atoms with Crippen LogP contribution in [0, 0.1) is 10.1 Å². The minimum Gasteiger partial charge on any atom is -0.374 e. The first-order valence-corrected chi connectivity index (χ1v) is 6.65. The van der Waals surface area contributed by atoms with E-state index >= 15 is 0 Å².